The van der Waals surface area contributed by atoms with Crippen molar-refractivity contribution in [3.63, 3.8) is 0 Å². The Kier molecular flexibility index (Phi) is 5.04. The van der Waals surface area contributed by atoms with Crippen LogP contribution in [0.5, 0.6) is 0 Å². The highest BCUT2D eigenvalue weighted by molar-refractivity contribution is 7.99. The number of hydrogen-bond acceptors (Lipinski definition) is 3. The van der Waals surface area contributed by atoms with Crippen LogP contribution in [-0.2, 0) is 13.5 Å². The normalized spacial score (nSPS) is 13.1. The summed E-state index contributed by atoms with van der Waals surface area (Å²) >= 11 is 1.97. The van der Waals surface area contributed by atoms with Crippen LogP contribution in [-0.4, -0.2) is 34.1 Å². The fraction of sp³-hybridized carbons (Fsp3) is 0.700. The summed E-state index contributed by atoms with van der Waals surface area (Å²) in [6.07, 6.45) is 4.86. The summed E-state index contributed by atoms with van der Waals surface area (Å²) in [4.78, 5) is 4.33. The van der Waals surface area contributed by atoms with Gasteiger partial charge in [0.25, 0.3) is 0 Å². The molecule has 0 spiro atoms. The first-order valence-corrected chi connectivity index (χ1v) is 6.14. The topological polar surface area (TPSA) is 29.9 Å². The van der Waals surface area contributed by atoms with Crippen molar-refractivity contribution in [2.45, 2.75) is 19.4 Å². The third-order valence-electron chi connectivity index (χ3n) is 2.28. The molecule has 1 rings (SSSR count). The molecule has 0 aromatic carbocycles. The zero-order valence-electron chi connectivity index (χ0n) is 9.16. The third-order valence-corrected chi connectivity index (χ3v) is 3.33. The van der Waals surface area contributed by atoms with E-state index in [2.05, 4.69) is 21.8 Å². The quantitative estimate of drug-likeness (QED) is 0.772. The van der Waals surface area contributed by atoms with Crippen LogP contribution in [0.25, 0.3) is 0 Å². The van der Waals surface area contributed by atoms with Crippen molar-refractivity contribution in [1.82, 2.24) is 14.9 Å². The highest BCUT2D eigenvalue weighted by atomic mass is 32.2. The van der Waals surface area contributed by atoms with E-state index in [4.69, 9.17) is 0 Å². The van der Waals surface area contributed by atoms with Crippen LogP contribution in [0.2, 0.25) is 0 Å². The molecule has 3 nitrogen and oxygen atoms in total. The standard InChI is InChI=1S/C10H19N3S/c1-4-14-8-9(11-2)7-10-12-5-6-13(10)3/h5-6,9,11H,4,7-8H2,1-3H3. The average molecular weight is 213 g/mol. The minimum atomic E-state index is 0.529. The van der Waals surface area contributed by atoms with Crippen molar-refractivity contribution in [3.8, 4) is 0 Å². The summed E-state index contributed by atoms with van der Waals surface area (Å²) < 4.78 is 2.08. The second-order valence-corrected chi connectivity index (χ2v) is 4.62. The van der Waals surface area contributed by atoms with Crippen LogP contribution in [0, 0.1) is 0 Å². The molecule has 0 saturated heterocycles. The summed E-state index contributed by atoms with van der Waals surface area (Å²) in [6.45, 7) is 2.19. The molecular formula is C10H19N3S. The van der Waals surface area contributed by atoms with Crippen molar-refractivity contribution >= 4 is 11.8 Å². The molecule has 0 saturated carbocycles. The fourth-order valence-electron chi connectivity index (χ4n) is 1.32. The van der Waals surface area contributed by atoms with Crippen LogP contribution in [0.15, 0.2) is 12.4 Å². The predicted molar refractivity (Wildman–Crippen MR) is 62.8 cm³/mol. The SMILES string of the molecule is CCSCC(Cc1nccn1C)NC. The molecule has 1 heterocycles. The number of likely N-dealkylation sites (N-methyl/N-ethyl adjacent to an activating group) is 1. The van der Waals surface area contributed by atoms with E-state index in [9.17, 15) is 0 Å². The first-order valence-electron chi connectivity index (χ1n) is 4.99. The first-order chi connectivity index (χ1) is 6.77. The van der Waals surface area contributed by atoms with E-state index in [0.29, 0.717) is 6.04 Å². The Hall–Kier alpha value is -0.480. The van der Waals surface area contributed by atoms with Gasteiger partial charge in [0.05, 0.1) is 0 Å². The molecule has 14 heavy (non-hydrogen) atoms. The molecule has 80 valence electrons. The molecule has 1 aromatic heterocycles. The maximum absolute atomic E-state index is 4.33. The lowest BCUT2D eigenvalue weighted by atomic mass is 10.2. The number of aromatic nitrogens is 2. The molecule has 0 aliphatic heterocycles. The van der Waals surface area contributed by atoms with E-state index < -0.39 is 0 Å². The zero-order valence-corrected chi connectivity index (χ0v) is 9.97. The van der Waals surface area contributed by atoms with Crippen LogP contribution in [0.4, 0.5) is 0 Å². The number of thioether (sulfide) groups is 1. The smallest absolute Gasteiger partial charge is 0.109 e. The van der Waals surface area contributed by atoms with E-state index in [0.717, 1.165) is 18.0 Å². The van der Waals surface area contributed by atoms with E-state index in [1.54, 1.807) is 0 Å². The van der Waals surface area contributed by atoms with Crippen molar-refractivity contribution in [1.29, 1.82) is 0 Å². The number of nitrogens with one attached hydrogen (secondary N) is 1. The summed E-state index contributed by atoms with van der Waals surface area (Å²) in [6, 6.07) is 0.529. The Labute approximate surface area is 90.3 Å². The lowest BCUT2D eigenvalue weighted by Crippen LogP contribution is -2.31. The Morgan fingerprint density at radius 3 is 2.93 bits per heavy atom. The number of hydrogen-bond donors (Lipinski definition) is 1. The fourth-order valence-corrected chi connectivity index (χ4v) is 2.12. The van der Waals surface area contributed by atoms with Crippen LogP contribution >= 0.6 is 11.8 Å². The van der Waals surface area contributed by atoms with Crippen molar-refractivity contribution in [2.24, 2.45) is 7.05 Å². The van der Waals surface area contributed by atoms with E-state index in [1.165, 1.54) is 5.75 Å². The Bertz CT molecular complexity index is 260. The number of nitrogens with zero attached hydrogens (tertiary/aromatic N) is 2. The van der Waals surface area contributed by atoms with Gasteiger partial charge in [-0.05, 0) is 12.8 Å². The first kappa shape index (κ1) is 11.6. The van der Waals surface area contributed by atoms with E-state index in [-0.39, 0.29) is 0 Å². The number of aryl methyl sites for hydroxylation is 1. The van der Waals surface area contributed by atoms with Gasteiger partial charge in [-0.3, -0.25) is 0 Å². The second kappa shape index (κ2) is 6.09. The number of rotatable bonds is 6. The molecule has 1 N–H and O–H groups in total. The largest absolute Gasteiger partial charge is 0.338 e. The van der Waals surface area contributed by atoms with Crippen LogP contribution in [0.1, 0.15) is 12.7 Å². The Morgan fingerprint density at radius 2 is 2.43 bits per heavy atom. The van der Waals surface area contributed by atoms with Crippen molar-refractivity contribution in [2.75, 3.05) is 18.6 Å². The molecule has 1 unspecified atom stereocenters. The second-order valence-electron chi connectivity index (χ2n) is 3.30. The Balaban J connectivity index is 2.44. The van der Waals surface area contributed by atoms with Gasteiger partial charge in [0.2, 0.25) is 0 Å². The van der Waals surface area contributed by atoms with Gasteiger partial charge in [-0.2, -0.15) is 11.8 Å². The minimum absolute atomic E-state index is 0.529. The molecule has 0 aliphatic rings. The summed E-state index contributed by atoms with van der Waals surface area (Å²) in [5, 5.41) is 3.33. The molecule has 4 heteroatoms. The minimum Gasteiger partial charge on any atom is -0.338 e. The van der Waals surface area contributed by atoms with Gasteiger partial charge >= 0.3 is 0 Å². The van der Waals surface area contributed by atoms with Crippen molar-refractivity contribution in [3.05, 3.63) is 18.2 Å². The molecule has 0 radical (unpaired) electrons. The van der Waals surface area contributed by atoms with E-state index >= 15 is 0 Å². The zero-order chi connectivity index (χ0) is 10.4. The van der Waals surface area contributed by atoms with E-state index in [1.807, 2.05) is 38.3 Å². The summed E-state index contributed by atoms with van der Waals surface area (Å²) in [7, 11) is 4.06. The average Bonchev–Trinajstić information content (AvgIpc) is 2.59. The third kappa shape index (κ3) is 3.35. The molecule has 0 amide bonds. The predicted octanol–water partition coefficient (Wildman–Crippen LogP) is 1.30. The summed E-state index contributed by atoms with van der Waals surface area (Å²) in [5.41, 5.74) is 0. The van der Waals surface area contributed by atoms with Crippen molar-refractivity contribution < 1.29 is 0 Å². The van der Waals surface area contributed by atoms with Gasteiger partial charge in [0.1, 0.15) is 5.82 Å². The van der Waals surface area contributed by atoms with Gasteiger partial charge in [-0.25, -0.2) is 4.98 Å². The van der Waals surface area contributed by atoms with Gasteiger partial charge in [-0.1, -0.05) is 6.92 Å². The van der Waals surface area contributed by atoms with Gasteiger partial charge < -0.3 is 9.88 Å². The monoisotopic (exact) mass is 213 g/mol. The lowest BCUT2D eigenvalue weighted by molar-refractivity contribution is 0.586. The summed E-state index contributed by atoms with van der Waals surface area (Å²) in [5.74, 6) is 3.49. The Morgan fingerprint density at radius 1 is 1.64 bits per heavy atom. The molecule has 0 bridgehead atoms. The molecule has 1 atom stereocenters. The highest BCUT2D eigenvalue weighted by Gasteiger charge is 2.09. The maximum Gasteiger partial charge on any atom is 0.109 e. The number of imidazole rings is 1. The molecule has 0 fully saturated rings. The molecule has 1 aromatic rings. The molecule has 0 aliphatic carbocycles. The van der Waals surface area contributed by atoms with Gasteiger partial charge in [0, 0.05) is 37.7 Å². The highest BCUT2D eigenvalue weighted by Crippen LogP contribution is 2.06. The van der Waals surface area contributed by atoms with Crippen LogP contribution < -0.4 is 5.32 Å². The van der Waals surface area contributed by atoms with Crippen LogP contribution in [0.3, 0.4) is 0 Å². The lowest BCUT2D eigenvalue weighted by Gasteiger charge is -2.14. The van der Waals surface area contributed by atoms with Gasteiger partial charge in [-0.15, -0.1) is 0 Å². The molecular weight excluding hydrogens is 194 g/mol. The maximum atomic E-state index is 4.33. The van der Waals surface area contributed by atoms with Gasteiger partial charge in [0.15, 0.2) is 0 Å².